The number of nitrogens with zero attached hydrogens (tertiary/aromatic N) is 5. The topological polar surface area (TPSA) is 75.5 Å². The van der Waals surface area contributed by atoms with Gasteiger partial charge in [0.05, 0.1) is 24.2 Å². The molecule has 3 aromatic rings. The van der Waals surface area contributed by atoms with Gasteiger partial charge in [0.25, 0.3) is 0 Å². The molecule has 3 rings (SSSR count). The number of ether oxygens (including phenoxy) is 1. The van der Waals surface area contributed by atoms with Crippen LogP contribution in [0.2, 0.25) is 0 Å². The molecule has 0 amide bonds. The molecule has 2 heterocycles. The highest BCUT2D eigenvalue weighted by molar-refractivity contribution is 5.79. The van der Waals surface area contributed by atoms with Gasteiger partial charge in [-0.05, 0) is 62.1 Å². The van der Waals surface area contributed by atoms with Gasteiger partial charge in [-0.2, -0.15) is 15.1 Å². The first-order valence-electron chi connectivity index (χ1n) is 12.6. The molecule has 0 saturated heterocycles. The number of aromatic nitrogens is 3. The molecule has 7 heteroatoms. The van der Waals surface area contributed by atoms with E-state index in [4.69, 9.17) is 4.74 Å². The number of hydrogen-bond donors (Lipinski definition) is 1. The van der Waals surface area contributed by atoms with Crippen molar-refractivity contribution in [2.24, 2.45) is 5.10 Å². The van der Waals surface area contributed by atoms with Crippen LogP contribution in [0.3, 0.4) is 0 Å². The van der Waals surface area contributed by atoms with Crippen molar-refractivity contribution in [1.29, 1.82) is 0 Å². The van der Waals surface area contributed by atoms with Crippen molar-refractivity contribution in [3.8, 4) is 6.01 Å². The van der Waals surface area contributed by atoms with E-state index in [9.17, 15) is 0 Å². The maximum atomic E-state index is 5.92. The summed E-state index contributed by atoms with van der Waals surface area (Å²) in [4.78, 5) is 15.8. The standard InChI is InChI=1S/C26H34N6O.C2H6/c1-5-14-32(15-6-2)25-18-24(19-28-31-23-11-10-20(3)21(4)17-23)29-26(30-25)33-16-12-22-9-7-8-13-27-22;1-2/h7-11,13,17-19,31H,5-6,12,14-16H2,1-4H3;1-2H3/b28-19+;. The SMILES string of the molecule is CC.CCCN(CCC)c1cc(/C=N/Nc2ccc(C)c(C)c2)nc(OCCc2ccccn2)n1. The quantitative estimate of drug-likeness (QED) is 0.247. The van der Waals surface area contributed by atoms with Gasteiger partial charge in [-0.15, -0.1) is 0 Å². The second-order valence-corrected chi connectivity index (χ2v) is 8.01. The van der Waals surface area contributed by atoms with Crippen molar-refractivity contribution in [3.05, 3.63) is 71.2 Å². The lowest BCUT2D eigenvalue weighted by molar-refractivity contribution is 0.295. The third kappa shape index (κ3) is 9.35. The Labute approximate surface area is 210 Å². The maximum Gasteiger partial charge on any atom is 0.318 e. The van der Waals surface area contributed by atoms with Gasteiger partial charge in [0.1, 0.15) is 5.82 Å². The van der Waals surface area contributed by atoms with E-state index >= 15 is 0 Å². The lowest BCUT2D eigenvalue weighted by Gasteiger charge is -2.23. The molecule has 7 nitrogen and oxygen atoms in total. The summed E-state index contributed by atoms with van der Waals surface area (Å²) in [6, 6.07) is 14.4. The summed E-state index contributed by atoms with van der Waals surface area (Å²) < 4.78 is 5.92. The molecular weight excluding hydrogens is 436 g/mol. The molecule has 0 radical (unpaired) electrons. The second-order valence-electron chi connectivity index (χ2n) is 8.01. The Hall–Kier alpha value is -3.48. The predicted octanol–water partition coefficient (Wildman–Crippen LogP) is 6.21. The molecule has 0 aliphatic heterocycles. The number of nitrogens with one attached hydrogen (secondary N) is 1. The lowest BCUT2D eigenvalue weighted by atomic mass is 10.1. The van der Waals surface area contributed by atoms with E-state index in [2.05, 4.69) is 70.2 Å². The van der Waals surface area contributed by atoms with Crippen LogP contribution in [0.1, 0.15) is 63.1 Å². The van der Waals surface area contributed by atoms with Crippen LogP contribution in [0.15, 0.2) is 53.8 Å². The van der Waals surface area contributed by atoms with Crippen LogP contribution in [0.4, 0.5) is 11.5 Å². The van der Waals surface area contributed by atoms with Crippen molar-refractivity contribution in [2.45, 2.75) is 60.8 Å². The van der Waals surface area contributed by atoms with Crippen LogP contribution >= 0.6 is 0 Å². The Balaban J connectivity index is 0.00000210. The molecule has 0 spiro atoms. The van der Waals surface area contributed by atoms with Gasteiger partial charge in [0.15, 0.2) is 0 Å². The molecule has 1 N–H and O–H groups in total. The molecule has 0 aliphatic carbocycles. The summed E-state index contributed by atoms with van der Waals surface area (Å²) in [7, 11) is 0. The van der Waals surface area contributed by atoms with Crippen molar-refractivity contribution >= 4 is 17.7 Å². The van der Waals surface area contributed by atoms with Crippen LogP contribution < -0.4 is 15.1 Å². The highest BCUT2D eigenvalue weighted by Crippen LogP contribution is 2.18. The Morgan fingerprint density at radius 1 is 0.971 bits per heavy atom. The van der Waals surface area contributed by atoms with E-state index in [1.807, 2.05) is 44.2 Å². The monoisotopic (exact) mass is 476 g/mol. The van der Waals surface area contributed by atoms with Gasteiger partial charge in [-0.1, -0.05) is 39.8 Å². The van der Waals surface area contributed by atoms with Crippen LogP contribution in [0.5, 0.6) is 6.01 Å². The zero-order valence-electron chi connectivity index (χ0n) is 22.1. The van der Waals surface area contributed by atoms with Gasteiger partial charge >= 0.3 is 6.01 Å². The first-order valence-corrected chi connectivity index (χ1v) is 12.6. The van der Waals surface area contributed by atoms with Crippen LogP contribution in [-0.2, 0) is 6.42 Å². The van der Waals surface area contributed by atoms with Crippen LogP contribution in [0.25, 0.3) is 0 Å². The van der Waals surface area contributed by atoms with E-state index in [0.29, 0.717) is 24.7 Å². The molecule has 0 saturated carbocycles. The Bertz CT molecular complexity index is 1030. The van der Waals surface area contributed by atoms with Gasteiger partial charge in [-0.3, -0.25) is 10.4 Å². The first kappa shape index (κ1) is 27.8. The number of hydrazone groups is 1. The summed E-state index contributed by atoms with van der Waals surface area (Å²) in [5.41, 5.74) is 8.18. The molecule has 0 atom stereocenters. The molecule has 0 fully saturated rings. The smallest absolute Gasteiger partial charge is 0.318 e. The molecule has 188 valence electrons. The Morgan fingerprint density at radius 3 is 2.40 bits per heavy atom. The normalized spacial score (nSPS) is 10.6. The van der Waals surface area contributed by atoms with Gasteiger partial charge in [0, 0.05) is 37.5 Å². The highest BCUT2D eigenvalue weighted by Gasteiger charge is 2.11. The fourth-order valence-corrected chi connectivity index (χ4v) is 3.38. The van der Waals surface area contributed by atoms with Crippen molar-refractivity contribution < 1.29 is 4.74 Å². The Kier molecular flexibility index (Phi) is 12.2. The molecule has 35 heavy (non-hydrogen) atoms. The lowest BCUT2D eigenvalue weighted by Crippen LogP contribution is -2.26. The van der Waals surface area contributed by atoms with E-state index in [0.717, 1.165) is 43.1 Å². The number of hydrogen-bond acceptors (Lipinski definition) is 7. The third-order valence-corrected chi connectivity index (χ3v) is 5.24. The maximum absolute atomic E-state index is 5.92. The molecule has 1 aromatic carbocycles. The Morgan fingerprint density at radius 2 is 1.74 bits per heavy atom. The van der Waals surface area contributed by atoms with E-state index < -0.39 is 0 Å². The van der Waals surface area contributed by atoms with Gasteiger partial charge < -0.3 is 9.64 Å². The fourth-order valence-electron chi connectivity index (χ4n) is 3.38. The molecular formula is C28H40N6O. The predicted molar refractivity (Wildman–Crippen MR) is 147 cm³/mol. The number of aryl methyl sites for hydroxylation is 2. The number of benzene rings is 1. The zero-order chi connectivity index (χ0) is 25.5. The minimum Gasteiger partial charge on any atom is -0.463 e. The highest BCUT2D eigenvalue weighted by atomic mass is 16.5. The first-order chi connectivity index (χ1) is 17.1. The summed E-state index contributed by atoms with van der Waals surface area (Å²) in [5.74, 6) is 0.856. The average Bonchev–Trinajstić information content (AvgIpc) is 2.88. The molecule has 2 aromatic heterocycles. The van der Waals surface area contributed by atoms with Crippen molar-refractivity contribution in [1.82, 2.24) is 15.0 Å². The van der Waals surface area contributed by atoms with Gasteiger partial charge in [0.2, 0.25) is 0 Å². The number of pyridine rings is 1. The van der Waals surface area contributed by atoms with E-state index in [1.54, 1.807) is 12.4 Å². The number of rotatable bonds is 12. The zero-order valence-corrected chi connectivity index (χ0v) is 22.1. The third-order valence-electron chi connectivity index (χ3n) is 5.24. The van der Waals surface area contributed by atoms with Crippen molar-refractivity contribution in [2.75, 3.05) is 30.0 Å². The van der Waals surface area contributed by atoms with E-state index in [1.165, 1.54) is 11.1 Å². The summed E-state index contributed by atoms with van der Waals surface area (Å²) in [6.07, 6.45) is 6.27. The largest absolute Gasteiger partial charge is 0.463 e. The minimum absolute atomic E-state index is 0.355. The average molecular weight is 477 g/mol. The fraction of sp³-hybridized carbons (Fsp3) is 0.429. The van der Waals surface area contributed by atoms with Crippen LogP contribution in [-0.4, -0.2) is 40.9 Å². The van der Waals surface area contributed by atoms with Crippen LogP contribution in [0, 0.1) is 13.8 Å². The van der Waals surface area contributed by atoms with Gasteiger partial charge in [-0.25, -0.2) is 0 Å². The van der Waals surface area contributed by atoms with Crippen molar-refractivity contribution in [3.63, 3.8) is 0 Å². The molecule has 0 unspecified atom stereocenters. The number of anilines is 2. The molecule has 0 aliphatic rings. The summed E-state index contributed by atoms with van der Waals surface area (Å²) in [5, 5.41) is 4.39. The summed E-state index contributed by atoms with van der Waals surface area (Å²) >= 11 is 0. The molecule has 0 bridgehead atoms. The van der Waals surface area contributed by atoms with E-state index in [-0.39, 0.29) is 0 Å². The second kappa shape index (κ2) is 15.4. The summed E-state index contributed by atoms with van der Waals surface area (Å²) in [6.45, 7) is 14.8. The minimum atomic E-state index is 0.355.